The molecule has 0 radical (unpaired) electrons. The standard InChI is InChI=1S/C18H19ClFNO4/c1-4-12-9-15(20)17(8-11(12)2)25-10-13-14(19)6-5-7-16(13)21(23)18(22)24-3/h5-9,23H,4,10H2,1-3H3. The Bertz CT molecular complexity index is 782. The molecule has 0 heterocycles. The van der Waals surface area contributed by atoms with Crippen LogP contribution in [-0.4, -0.2) is 18.4 Å². The summed E-state index contributed by atoms with van der Waals surface area (Å²) in [5, 5.41) is 10.5. The fourth-order valence-corrected chi connectivity index (χ4v) is 2.64. The van der Waals surface area contributed by atoms with Gasteiger partial charge < -0.3 is 9.47 Å². The molecule has 2 rings (SSSR count). The first-order valence-corrected chi connectivity index (χ1v) is 8.03. The van der Waals surface area contributed by atoms with Gasteiger partial charge in [-0.2, -0.15) is 5.06 Å². The fraction of sp³-hybridized carbons (Fsp3) is 0.278. The van der Waals surface area contributed by atoms with E-state index in [1.165, 1.54) is 12.1 Å². The van der Waals surface area contributed by atoms with E-state index in [0.717, 1.165) is 24.7 Å². The first kappa shape index (κ1) is 19.0. The molecule has 0 unspecified atom stereocenters. The summed E-state index contributed by atoms with van der Waals surface area (Å²) in [4.78, 5) is 11.5. The van der Waals surface area contributed by atoms with Crippen molar-refractivity contribution in [2.75, 3.05) is 12.2 Å². The number of hydrogen-bond acceptors (Lipinski definition) is 4. The Kier molecular flexibility index (Phi) is 6.22. The topological polar surface area (TPSA) is 59.0 Å². The highest BCUT2D eigenvalue weighted by atomic mass is 35.5. The molecular weight excluding hydrogens is 349 g/mol. The van der Waals surface area contributed by atoms with Gasteiger partial charge >= 0.3 is 6.09 Å². The number of hydroxylamine groups is 1. The van der Waals surface area contributed by atoms with Crippen molar-refractivity contribution in [2.45, 2.75) is 26.9 Å². The average molecular weight is 368 g/mol. The predicted molar refractivity (Wildman–Crippen MR) is 93.0 cm³/mol. The number of nitrogens with zero attached hydrogens (tertiary/aromatic N) is 1. The van der Waals surface area contributed by atoms with Gasteiger partial charge in [0.05, 0.1) is 12.8 Å². The molecule has 0 fully saturated rings. The van der Waals surface area contributed by atoms with Crippen LogP contribution in [0.15, 0.2) is 30.3 Å². The summed E-state index contributed by atoms with van der Waals surface area (Å²) in [6.07, 6.45) is -0.256. The molecule has 0 saturated carbocycles. The largest absolute Gasteiger partial charge is 0.486 e. The second-order valence-corrected chi connectivity index (χ2v) is 5.78. The maximum atomic E-state index is 14.2. The Morgan fingerprint density at radius 2 is 2.08 bits per heavy atom. The molecule has 0 aliphatic carbocycles. The van der Waals surface area contributed by atoms with E-state index in [4.69, 9.17) is 16.3 Å². The minimum Gasteiger partial charge on any atom is -0.486 e. The van der Waals surface area contributed by atoms with Crippen LogP contribution in [0.1, 0.15) is 23.6 Å². The Labute approximate surface area is 150 Å². The Hall–Kier alpha value is -2.31. The number of methoxy groups -OCH3 is 1. The zero-order valence-corrected chi connectivity index (χ0v) is 14.9. The molecule has 1 amide bonds. The number of rotatable bonds is 5. The van der Waals surface area contributed by atoms with Crippen molar-refractivity contribution in [1.29, 1.82) is 0 Å². The van der Waals surface area contributed by atoms with Gasteiger partial charge in [0, 0.05) is 10.6 Å². The normalized spacial score (nSPS) is 10.5. The van der Waals surface area contributed by atoms with E-state index in [9.17, 15) is 14.4 Å². The number of anilines is 1. The quantitative estimate of drug-likeness (QED) is 0.603. The SMILES string of the molecule is CCc1cc(F)c(OCc2c(Cl)cccc2N(O)C(=O)OC)cc1C. The maximum absolute atomic E-state index is 14.2. The van der Waals surface area contributed by atoms with Crippen LogP contribution < -0.4 is 9.80 Å². The molecule has 0 aromatic heterocycles. The number of carbonyl (C=O) groups excluding carboxylic acids is 1. The van der Waals surface area contributed by atoms with E-state index in [1.54, 1.807) is 18.2 Å². The van der Waals surface area contributed by atoms with Crippen molar-refractivity contribution < 1.29 is 23.9 Å². The Morgan fingerprint density at radius 1 is 1.36 bits per heavy atom. The van der Waals surface area contributed by atoms with Crippen LogP contribution in [0.25, 0.3) is 0 Å². The van der Waals surface area contributed by atoms with Crippen molar-refractivity contribution in [3.63, 3.8) is 0 Å². The van der Waals surface area contributed by atoms with Crippen molar-refractivity contribution in [1.82, 2.24) is 0 Å². The van der Waals surface area contributed by atoms with Crippen LogP contribution in [0.5, 0.6) is 5.75 Å². The first-order valence-electron chi connectivity index (χ1n) is 7.65. The Morgan fingerprint density at radius 3 is 2.72 bits per heavy atom. The van der Waals surface area contributed by atoms with Crippen LogP contribution in [0.3, 0.4) is 0 Å². The second-order valence-electron chi connectivity index (χ2n) is 5.37. The van der Waals surface area contributed by atoms with E-state index >= 15 is 0 Å². The van der Waals surface area contributed by atoms with Crippen LogP contribution >= 0.6 is 11.6 Å². The summed E-state index contributed by atoms with van der Waals surface area (Å²) < 4.78 is 24.2. The van der Waals surface area contributed by atoms with E-state index in [2.05, 4.69) is 4.74 Å². The molecule has 7 heteroatoms. The zero-order valence-electron chi connectivity index (χ0n) is 14.2. The number of carbonyl (C=O) groups is 1. The lowest BCUT2D eigenvalue weighted by Crippen LogP contribution is -2.28. The van der Waals surface area contributed by atoms with Crippen molar-refractivity contribution >= 4 is 23.4 Å². The van der Waals surface area contributed by atoms with Gasteiger partial charge in [-0.1, -0.05) is 24.6 Å². The van der Waals surface area contributed by atoms with Gasteiger partial charge in [-0.3, -0.25) is 5.21 Å². The summed E-state index contributed by atoms with van der Waals surface area (Å²) in [5.74, 6) is -0.409. The van der Waals surface area contributed by atoms with Gasteiger partial charge in [0.1, 0.15) is 6.61 Å². The minimum absolute atomic E-state index is 0.0723. The Balaban J connectivity index is 2.30. The van der Waals surface area contributed by atoms with E-state index in [-0.39, 0.29) is 23.1 Å². The molecule has 0 aliphatic heterocycles. The molecule has 0 bridgehead atoms. The molecule has 5 nitrogen and oxygen atoms in total. The van der Waals surface area contributed by atoms with Gasteiger partial charge in [-0.25, -0.2) is 9.18 Å². The lowest BCUT2D eigenvalue weighted by atomic mass is 10.1. The summed E-state index contributed by atoms with van der Waals surface area (Å²) in [6, 6.07) is 7.67. The lowest BCUT2D eigenvalue weighted by Gasteiger charge is -2.19. The highest BCUT2D eigenvalue weighted by Crippen LogP contribution is 2.30. The minimum atomic E-state index is -0.974. The molecule has 0 saturated heterocycles. The maximum Gasteiger partial charge on any atom is 0.438 e. The third-order valence-corrected chi connectivity index (χ3v) is 4.17. The smallest absolute Gasteiger partial charge is 0.438 e. The summed E-state index contributed by atoms with van der Waals surface area (Å²) >= 11 is 6.14. The van der Waals surface area contributed by atoms with Crippen molar-refractivity contribution in [3.8, 4) is 5.75 Å². The highest BCUT2D eigenvalue weighted by molar-refractivity contribution is 6.31. The van der Waals surface area contributed by atoms with Gasteiger partial charge in [0.2, 0.25) is 0 Å². The first-order chi connectivity index (χ1) is 11.9. The van der Waals surface area contributed by atoms with Gasteiger partial charge in [0.25, 0.3) is 0 Å². The number of ether oxygens (including phenoxy) is 2. The number of amides is 1. The average Bonchev–Trinajstić information content (AvgIpc) is 2.61. The second kappa shape index (κ2) is 8.18. The van der Waals surface area contributed by atoms with Crippen molar-refractivity contribution in [3.05, 3.63) is 57.9 Å². The van der Waals surface area contributed by atoms with Crippen molar-refractivity contribution in [2.24, 2.45) is 0 Å². The van der Waals surface area contributed by atoms with Crippen LogP contribution in [0.2, 0.25) is 5.02 Å². The highest BCUT2D eigenvalue weighted by Gasteiger charge is 2.20. The molecule has 0 atom stereocenters. The molecule has 0 aliphatic rings. The number of benzene rings is 2. The lowest BCUT2D eigenvalue weighted by molar-refractivity contribution is 0.140. The molecule has 2 aromatic carbocycles. The van der Waals surface area contributed by atoms with E-state index in [1.807, 2.05) is 13.8 Å². The molecule has 1 N–H and O–H groups in total. The molecule has 2 aromatic rings. The summed E-state index contributed by atoms with van der Waals surface area (Å²) in [5.41, 5.74) is 2.24. The van der Waals surface area contributed by atoms with Crippen LogP contribution in [0, 0.1) is 12.7 Å². The van der Waals surface area contributed by atoms with Crippen LogP contribution in [-0.2, 0) is 17.8 Å². The fourth-order valence-electron chi connectivity index (χ4n) is 2.41. The monoisotopic (exact) mass is 367 g/mol. The molecular formula is C18H19ClFNO4. The number of hydrogen-bond donors (Lipinski definition) is 1. The predicted octanol–water partition coefficient (Wildman–Crippen LogP) is 4.89. The third kappa shape index (κ3) is 4.21. The van der Waals surface area contributed by atoms with Crippen LogP contribution in [0.4, 0.5) is 14.9 Å². The van der Waals surface area contributed by atoms with Gasteiger partial charge in [-0.15, -0.1) is 0 Å². The zero-order chi connectivity index (χ0) is 18.6. The molecule has 25 heavy (non-hydrogen) atoms. The molecule has 134 valence electrons. The number of halogens is 2. The van der Waals surface area contributed by atoms with E-state index in [0.29, 0.717) is 10.6 Å². The summed E-state index contributed by atoms with van der Waals surface area (Å²) in [7, 11) is 1.14. The third-order valence-electron chi connectivity index (χ3n) is 3.81. The molecule has 0 spiro atoms. The van der Waals surface area contributed by atoms with Gasteiger partial charge in [-0.05, 0) is 48.7 Å². The summed E-state index contributed by atoms with van der Waals surface area (Å²) in [6.45, 7) is 3.69. The van der Waals surface area contributed by atoms with Gasteiger partial charge in [0.15, 0.2) is 11.6 Å². The van der Waals surface area contributed by atoms with E-state index < -0.39 is 11.9 Å². The number of aryl methyl sites for hydroxylation is 2.